The molecule has 2 heterocycles. The standard InChI is InChI=1S/C19H11Cl5N4/c20-13-8-25-27(9-13)10-28-19(12-2-4-15(22)17(24)6-12)7-18(26-28)11-1-3-14(21)16(23)5-11/h1-9H,10H2. The normalized spacial score (nSPS) is 11.2. The van der Waals surface area contributed by atoms with Crippen LogP contribution in [0.15, 0.2) is 54.9 Å². The first-order chi connectivity index (χ1) is 13.4. The first-order valence-electron chi connectivity index (χ1n) is 8.07. The van der Waals surface area contributed by atoms with E-state index < -0.39 is 0 Å². The van der Waals surface area contributed by atoms with Crippen LogP contribution in [0.2, 0.25) is 25.1 Å². The third kappa shape index (κ3) is 4.02. The van der Waals surface area contributed by atoms with E-state index in [0.717, 1.165) is 22.5 Å². The molecule has 0 spiro atoms. The summed E-state index contributed by atoms with van der Waals surface area (Å²) in [5.74, 6) is 0. The van der Waals surface area contributed by atoms with Gasteiger partial charge < -0.3 is 0 Å². The minimum atomic E-state index is 0.365. The summed E-state index contributed by atoms with van der Waals surface area (Å²) in [7, 11) is 0. The molecule has 2 aromatic heterocycles. The van der Waals surface area contributed by atoms with Gasteiger partial charge in [0.15, 0.2) is 0 Å². The Morgan fingerprint density at radius 2 is 1.39 bits per heavy atom. The van der Waals surface area contributed by atoms with Gasteiger partial charge in [-0.25, -0.2) is 9.36 Å². The fraction of sp³-hybridized carbons (Fsp3) is 0.0526. The molecule has 142 valence electrons. The topological polar surface area (TPSA) is 35.6 Å². The molecule has 0 amide bonds. The number of aromatic nitrogens is 4. The Labute approximate surface area is 186 Å². The van der Waals surface area contributed by atoms with Gasteiger partial charge in [-0.2, -0.15) is 10.2 Å². The summed E-state index contributed by atoms with van der Waals surface area (Å²) in [6, 6.07) is 12.8. The van der Waals surface area contributed by atoms with Gasteiger partial charge in [-0.1, -0.05) is 70.1 Å². The zero-order valence-electron chi connectivity index (χ0n) is 14.1. The van der Waals surface area contributed by atoms with Gasteiger partial charge in [-0.15, -0.1) is 0 Å². The number of halogens is 5. The van der Waals surface area contributed by atoms with Crippen molar-refractivity contribution in [1.29, 1.82) is 0 Å². The Kier molecular flexibility index (Phi) is 5.59. The van der Waals surface area contributed by atoms with E-state index >= 15 is 0 Å². The number of benzene rings is 2. The number of hydrogen-bond acceptors (Lipinski definition) is 2. The van der Waals surface area contributed by atoms with Gasteiger partial charge in [0.1, 0.15) is 6.67 Å². The smallest absolute Gasteiger partial charge is 0.133 e. The van der Waals surface area contributed by atoms with Gasteiger partial charge in [0.05, 0.1) is 42.7 Å². The Morgan fingerprint density at radius 3 is 2.00 bits per heavy atom. The van der Waals surface area contributed by atoms with E-state index in [0.29, 0.717) is 31.8 Å². The molecule has 4 rings (SSSR count). The molecule has 9 heteroatoms. The van der Waals surface area contributed by atoms with Gasteiger partial charge in [-0.3, -0.25) is 0 Å². The quantitative estimate of drug-likeness (QED) is 0.315. The monoisotopic (exact) mass is 470 g/mol. The highest BCUT2D eigenvalue weighted by atomic mass is 35.5. The molecule has 0 aliphatic heterocycles. The van der Waals surface area contributed by atoms with Crippen LogP contribution in [-0.2, 0) is 6.67 Å². The minimum Gasteiger partial charge on any atom is -0.250 e. The lowest BCUT2D eigenvalue weighted by Gasteiger charge is -2.08. The lowest BCUT2D eigenvalue weighted by atomic mass is 10.1. The molecule has 0 aliphatic carbocycles. The Balaban J connectivity index is 1.82. The summed E-state index contributed by atoms with van der Waals surface area (Å²) in [5.41, 5.74) is 3.28. The molecule has 0 fully saturated rings. The summed E-state index contributed by atoms with van der Waals surface area (Å²) in [6.07, 6.45) is 3.30. The fourth-order valence-electron chi connectivity index (χ4n) is 2.76. The molecule has 0 unspecified atom stereocenters. The van der Waals surface area contributed by atoms with Gasteiger partial charge in [-0.05, 0) is 30.3 Å². The third-order valence-electron chi connectivity index (χ3n) is 4.09. The largest absolute Gasteiger partial charge is 0.250 e. The van der Waals surface area contributed by atoms with E-state index in [-0.39, 0.29) is 0 Å². The van der Waals surface area contributed by atoms with Crippen molar-refractivity contribution in [3.8, 4) is 22.5 Å². The summed E-state index contributed by atoms with van der Waals surface area (Å²) in [6.45, 7) is 0.365. The molecule has 4 aromatic rings. The van der Waals surface area contributed by atoms with Crippen LogP contribution >= 0.6 is 58.0 Å². The highest BCUT2D eigenvalue weighted by Crippen LogP contribution is 2.33. The Bertz CT molecular complexity index is 1170. The maximum absolute atomic E-state index is 6.21. The summed E-state index contributed by atoms with van der Waals surface area (Å²) in [4.78, 5) is 0. The van der Waals surface area contributed by atoms with Gasteiger partial charge >= 0.3 is 0 Å². The molecule has 0 saturated carbocycles. The van der Waals surface area contributed by atoms with Crippen LogP contribution in [0.5, 0.6) is 0 Å². The third-order valence-corrected chi connectivity index (χ3v) is 5.76. The Morgan fingerprint density at radius 1 is 0.750 bits per heavy atom. The van der Waals surface area contributed by atoms with Crippen molar-refractivity contribution < 1.29 is 0 Å². The zero-order chi connectivity index (χ0) is 19.8. The molecule has 0 saturated heterocycles. The van der Waals surface area contributed by atoms with Crippen molar-refractivity contribution in [2.24, 2.45) is 0 Å². The van der Waals surface area contributed by atoms with Crippen LogP contribution in [-0.4, -0.2) is 19.6 Å². The second kappa shape index (κ2) is 7.97. The molecule has 0 bridgehead atoms. The van der Waals surface area contributed by atoms with E-state index in [2.05, 4.69) is 5.10 Å². The minimum absolute atomic E-state index is 0.365. The molecule has 28 heavy (non-hydrogen) atoms. The molecule has 0 radical (unpaired) electrons. The maximum atomic E-state index is 6.21. The predicted octanol–water partition coefficient (Wildman–Crippen LogP) is 7.19. The van der Waals surface area contributed by atoms with Gasteiger partial charge in [0, 0.05) is 17.3 Å². The van der Waals surface area contributed by atoms with Crippen molar-refractivity contribution in [1.82, 2.24) is 19.6 Å². The molecule has 0 atom stereocenters. The van der Waals surface area contributed by atoms with Crippen molar-refractivity contribution in [3.63, 3.8) is 0 Å². The van der Waals surface area contributed by atoms with E-state index in [4.69, 9.17) is 63.1 Å². The molecule has 0 N–H and O–H groups in total. The van der Waals surface area contributed by atoms with Crippen LogP contribution in [0.25, 0.3) is 22.5 Å². The average Bonchev–Trinajstić information content (AvgIpc) is 3.26. The highest BCUT2D eigenvalue weighted by molar-refractivity contribution is 6.42. The Hall–Kier alpha value is -1.69. The summed E-state index contributed by atoms with van der Waals surface area (Å²) < 4.78 is 3.50. The molecule has 4 nitrogen and oxygen atoms in total. The van der Waals surface area contributed by atoms with E-state index in [1.54, 1.807) is 46.0 Å². The van der Waals surface area contributed by atoms with Gasteiger partial charge in [0.25, 0.3) is 0 Å². The number of nitrogens with zero attached hydrogens (tertiary/aromatic N) is 4. The summed E-state index contributed by atoms with van der Waals surface area (Å²) >= 11 is 30.5. The summed E-state index contributed by atoms with van der Waals surface area (Å²) in [5, 5.41) is 11.4. The molecular weight excluding hydrogens is 462 g/mol. The van der Waals surface area contributed by atoms with E-state index in [1.807, 2.05) is 18.2 Å². The lowest BCUT2D eigenvalue weighted by molar-refractivity contribution is 0.508. The number of hydrogen-bond donors (Lipinski definition) is 0. The second-order valence-corrected chi connectivity index (χ2v) is 8.08. The van der Waals surface area contributed by atoms with Crippen molar-refractivity contribution >= 4 is 58.0 Å². The average molecular weight is 473 g/mol. The number of rotatable bonds is 4. The maximum Gasteiger partial charge on any atom is 0.133 e. The van der Waals surface area contributed by atoms with Gasteiger partial charge in [0.2, 0.25) is 0 Å². The first-order valence-corrected chi connectivity index (χ1v) is 9.96. The zero-order valence-corrected chi connectivity index (χ0v) is 17.9. The lowest BCUT2D eigenvalue weighted by Crippen LogP contribution is -2.11. The van der Waals surface area contributed by atoms with E-state index in [9.17, 15) is 0 Å². The molecular formula is C19H11Cl5N4. The van der Waals surface area contributed by atoms with Crippen LogP contribution in [0.4, 0.5) is 0 Å². The van der Waals surface area contributed by atoms with Crippen LogP contribution in [0, 0.1) is 0 Å². The van der Waals surface area contributed by atoms with Crippen LogP contribution in [0.3, 0.4) is 0 Å². The van der Waals surface area contributed by atoms with E-state index in [1.165, 1.54) is 0 Å². The highest BCUT2D eigenvalue weighted by Gasteiger charge is 2.14. The molecule has 2 aromatic carbocycles. The first kappa shape index (κ1) is 19.6. The van der Waals surface area contributed by atoms with Crippen molar-refractivity contribution in [3.05, 3.63) is 80.0 Å². The predicted molar refractivity (Wildman–Crippen MR) is 116 cm³/mol. The second-order valence-electron chi connectivity index (χ2n) is 6.01. The van der Waals surface area contributed by atoms with Crippen LogP contribution in [0.1, 0.15) is 0 Å². The van der Waals surface area contributed by atoms with Crippen molar-refractivity contribution in [2.45, 2.75) is 6.67 Å². The molecule has 0 aliphatic rings. The SMILES string of the molecule is Clc1cnn(Cn2nc(-c3ccc(Cl)c(Cl)c3)cc2-c2ccc(Cl)c(Cl)c2)c1. The van der Waals surface area contributed by atoms with Crippen molar-refractivity contribution in [2.75, 3.05) is 0 Å². The van der Waals surface area contributed by atoms with Crippen LogP contribution < -0.4 is 0 Å². The fourth-order valence-corrected chi connectivity index (χ4v) is 3.51.